The summed E-state index contributed by atoms with van der Waals surface area (Å²) in [6.45, 7) is 2.23. The molecule has 18 heavy (non-hydrogen) atoms. The Morgan fingerprint density at radius 3 is 2.61 bits per heavy atom. The molecule has 1 atom stereocenters. The lowest BCUT2D eigenvalue weighted by Crippen LogP contribution is -2.04. The minimum Gasteiger partial charge on any atom is -0.485 e. The highest BCUT2D eigenvalue weighted by molar-refractivity contribution is 5.35. The molecule has 0 fully saturated rings. The van der Waals surface area contributed by atoms with E-state index in [1.54, 1.807) is 18.5 Å². The molecule has 0 aliphatic carbocycles. The van der Waals surface area contributed by atoms with E-state index >= 15 is 0 Å². The molecule has 4 heteroatoms. The number of aliphatic hydroxyl groups is 1. The summed E-state index contributed by atoms with van der Waals surface area (Å²) in [4.78, 5) is 8.18. The van der Waals surface area contributed by atoms with Crippen molar-refractivity contribution in [2.45, 2.75) is 26.1 Å². The van der Waals surface area contributed by atoms with Crippen LogP contribution in [0.25, 0.3) is 0 Å². The van der Waals surface area contributed by atoms with Crippen molar-refractivity contribution in [3.8, 4) is 5.75 Å². The molecule has 1 heterocycles. The van der Waals surface area contributed by atoms with Crippen molar-refractivity contribution in [1.82, 2.24) is 9.97 Å². The molecule has 1 aromatic heterocycles. The van der Waals surface area contributed by atoms with Crippen LogP contribution in [0.1, 0.15) is 30.8 Å². The lowest BCUT2D eigenvalue weighted by Gasteiger charge is -2.14. The maximum Gasteiger partial charge on any atom is 0.166 e. The predicted octanol–water partition coefficient (Wildman–Crippen LogP) is 2.50. The second-order valence-corrected chi connectivity index (χ2v) is 3.92. The maximum atomic E-state index is 9.90. The lowest BCUT2D eigenvalue weighted by molar-refractivity contribution is 0.166. The molecule has 94 valence electrons. The van der Waals surface area contributed by atoms with Crippen LogP contribution in [0, 0.1) is 0 Å². The Balaban J connectivity index is 2.10. The Labute approximate surface area is 106 Å². The van der Waals surface area contributed by atoms with Crippen LogP contribution in [0.2, 0.25) is 0 Å². The van der Waals surface area contributed by atoms with E-state index in [2.05, 4.69) is 9.97 Å². The van der Waals surface area contributed by atoms with Gasteiger partial charge in [0, 0.05) is 18.0 Å². The second kappa shape index (κ2) is 6.12. The molecule has 1 N–H and O–H groups in total. The summed E-state index contributed by atoms with van der Waals surface area (Å²) in [5.41, 5.74) is 0.802. The van der Waals surface area contributed by atoms with Crippen LogP contribution in [0.15, 0.2) is 42.7 Å². The number of aliphatic hydroxyl groups excluding tert-OH is 1. The summed E-state index contributed by atoms with van der Waals surface area (Å²) in [6.07, 6.45) is 3.51. The quantitative estimate of drug-likeness (QED) is 0.878. The van der Waals surface area contributed by atoms with Gasteiger partial charge in [-0.25, -0.2) is 9.97 Å². The van der Waals surface area contributed by atoms with E-state index in [9.17, 15) is 5.11 Å². The average Bonchev–Trinajstić information content (AvgIpc) is 2.45. The second-order valence-electron chi connectivity index (χ2n) is 3.92. The lowest BCUT2D eigenvalue weighted by atomic mass is 10.1. The largest absolute Gasteiger partial charge is 0.485 e. The third kappa shape index (κ3) is 3.05. The zero-order valence-corrected chi connectivity index (χ0v) is 10.3. The van der Waals surface area contributed by atoms with Gasteiger partial charge in [-0.1, -0.05) is 25.1 Å². The van der Waals surface area contributed by atoms with Crippen LogP contribution in [0.4, 0.5) is 0 Å². The van der Waals surface area contributed by atoms with Gasteiger partial charge in [0.15, 0.2) is 5.82 Å². The Kier molecular flexibility index (Phi) is 4.25. The van der Waals surface area contributed by atoms with Crippen molar-refractivity contribution in [2.75, 3.05) is 0 Å². The third-order valence-corrected chi connectivity index (χ3v) is 2.64. The molecule has 0 amide bonds. The first-order valence-electron chi connectivity index (χ1n) is 5.97. The molecule has 2 aromatic rings. The summed E-state index contributed by atoms with van der Waals surface area (Å²) < 4.78 is 5.66. The molecule has 0 bridgehead atoms. The number of hydrogen-bond acceptors (Lipinski definition) is 4. The van der Waals surface area contributed by atoms with Crippen molar-refractivity contribution in [1.29, 1.82) is 0 Å². The third-order valence-electron chi connectivity index (χ3n) is 2.64. The van der Waals surface area contributed by atoms with Gasteiger partial charge in [-0.3, -0.25) is 0 Å². The fourth-order valence-electron chi connectivity index (χ4n) is 1.65. The van der Waals surface area contributed by atoms with Gasteiger partial charge in [0.1, 0.15) is 12.4 Å². The average molecular weight is 244 g/mol. The molecule has 0 saturated carbocycles. The predicted molar refractivity (Wildman–Crippen MR) is 68.1 cm³/mol. The summed E-state index contributed by atoms with van der Waals surface area (Å²) in [6, 6.07) is 9.25. The minimum atomic E-state index is -0.502. The topological polar surface area (TPSA) is 55.2 Å². The van der Waals surface area contributed by atoms with Crippen molar-refractivity contribution in [3.05, 3.63) is 54.1 Å². The SMILES string of the molecule is CCC(O)c1ccccc1OCc1ncccn1. The molecule has 0 saturated heterocycles. The van der Waals surface area contributed by atoms with Crippen molar-refractivity contribution >= 4 is 0 Å². The highest BCUT2D eigenvalue weighted by Gasteiger charge is 2.11. The molecule has 0 aliphatic rings. The van der Waals surface area contributed by atoms with Crippen LogP contribution in [-0.4, -0.2) is 15.1 Å². The van der Waals surface area contributed by atoms with E-state index in [4.69, 9.17) is 4.74 Å². The summed E-state index contributed by atoms with van der Waals surface area (Å²) in [7, 11) is 0. The summed E-state index contributed by atoms with van der Waals surface area (Å²) in [5, 5.41) is 9.90. The smallest absolute Gasteiger partial charge is 0.166 e. The molecule has 4 nitrogen and oxygen atoms in total. The molecular formula is C14H16N2O2. The standard InChI is InChI=1S/C14H16N2O2/c1-2-12(17)11-6-3-4-7-13(11)18-10-14-15-8-5-9-16-14/h3-9,12,17H,2,10H2,1H3. The molecule has 0 aliphatic heterocycles. The van der Waals surface area contributed by atoms with E-state index in [1.807, 2.05) is 31.2 Å². The summed E-state index contributed by atoms with van der Waals surface area (Å²) >= 11 is 0. The van der Waals surface area contributed by atoms with Crippen LogP contribution >= 0.6 is 0 Å². The number of ether oxygens (including phenoxy) is 1. The number of rotatable bonds is 5. The number of aromatic nitrogens is 2. The van der Waals surface area contributed by atoms with Crippen LogP contribution in [-0.2, 0) is 6.61 Å². The first-order valence-corrected chi connectivity index (χ1v) is 5.97. The Morgan fingerprint density at radius 1 is 1.17 bits per heavy atom. The van der Waals surface area contributed by atoms with E-state index in [-0.39, 0.29) is 0 Å². The van der Waals surface area contributed by atoms with Gasteiger partial charge in [-0.2, -0.15) is 0 Å². The van der Waals surface area contributed by atoms with E-state index < -0.39 is 6.10 Å². The molecule has 0 spiro atoms. The fraction of sp³-hybridized carbons (Fsp3) is 0.286. The number of para-hydroxylation sites is 1. The fourth-order valence-corrected chi connectivity index (χ4v) is 1.65. The first-order chi connectivity index (χ1) is 8.81. The zero-order valence-electron chi connectivity index (χ0n) is 10.3. The van der Waals surface area contributed by atoms with E-state index in [0.717, 1.165) is 5.56 Å². The van der Waals surface area contributed by atoms with Gasteiger partial charge in [0.25, 0.3) is 0 Å². The Bertz CT molecular complexity index is 488. The molecular weight excluding hydrogens is 228 g/mol. The first kappa shape index (κ1) is 12.5. The number of nitrogens with zero attached hydrogens (tertiary/aromatic N) is 2. The van der Waals surface area contributed by atoms with Crippen LogP contribution in [0.3, 0.4) is 0 Å². The van der Waals surface area contributed by atoms with Gasteiger partial charge in [-0.15, -0.1) is 0 Å². The van der Waals surface area contributed by atoms with Gasteiger partial charge >= 0.3 is 0 Å². The Morgan fingerprint density at radius 2 is 1.89 bits per heavy atom. The van der Waals surface area contributed by atoms with Gasteiger partial charge in [-0.05, 0) is 18.6 Å². The highest BCUT2D eigenvalue weighted by atomic mass is 16.5. The molecule has 1 aromatic carbocycles. The normalized spacial score (nSPS) is 12.1. The van der Waals surface area contributed by atoms with Gasteiger partial charge < -0.3 is 9.84 Å². The maximum absolute atomic E-state index is 9.90. The van der Waals surface area contributed by atoms with Crippen LogP contribution in [0.5, 0.6) is 5.75 Å². The van der Waals surface area contributed by atoms with Gasteiger partial charge in [0.2, 0.25) is 0 Å². The monoisotopic (exact) mass is 244 g/mol. The Hall–Kier alpha value is -1.94. The zero-order chi connectivity index (χ0) is 12.8. The van der Waals surface area contributed by atoms with Crippen LogP contribution < -0.4 is 4.74 Å². The molecule has 2 rings (SSSR count). The summed E-state index contributed by atoms with van der Waals surface area (Å²) in [5.74, 6) is 1.30. The van der Waals surface area contributed by atoms with Crippen molar-refractivity contribution < 1.29 is 9.84 Å². The minimum absolute atomic E-state index is 0.300. The van der Waals surface area contributed by atoms with Crippen molar-refractivity contribution in [2.24, 2.45) is 0 Å². The number of benzene rings is 1. The van der Waals surface area contributed by atoms with Crippen molar-refractivity contribution in [3.63, 3.8) is 0 Å². The molecule has 0 radical (unpaired) electrons. The van der Waals surface area contributed by atoms with E-state index in [0.29, 0.717) is 24.6 Å². The highest BCUT2D eigenvalue weighted by Crippen LogP contribution is 2.27. The number of hydrogen-bond donors (Lipinski definition) is 1. The van der Waals surface area contributed by atoms with Gasteiger partial charge in [0.05, 0.1) is 6.10 Å². The van der Waals surface area contributed by atoms with E-state index in [1.165, 1.54) is 0 Å². The molecule has 1 unspecified atom stereocenters.